The largest absolute Gasteiger partial charge is 0.477 e. The third kappa shape index (κ3) is 42.4. The molecular weight excluding hydrogens is 1370 g/mol. The van der Waals surface area contributed by atoms with Crippen molar-refractivity contribution in [2.45, 2.75) is 477 Å². The number of aliphatic hydroxyl groups is 11. The minimum absolute atomic E-state index is 0.206. The molecule has 3 heterocycles. The molecule has 14 N–H and O–H groups in total. The van der Waals surface area contributed by atoms with E-state index in [1.807, 2.05) is 6.08 Å². The first-order valence-corrected chi connectivity index (χ1v) is 43.6. The molecule has 3 fully saturated rings. The summed E-state index contributed by atoms with van der Waals surface area (Å²) in [5.41, 5.74) is 0. The molecule has 3 rings (SSSR count). The summed E-state index contributed by atoms with van der Waals surface area (Å²) in [5.74, 6) is -6.13. The fraction of sp³-hybridized carbons (Fsp3) is 0.940. The fourth-order valence-corrected chi connectivity index (χ4v) is 15.4. The van der Waals surface area contributed by atoms with Gasteiger partial charge in [0.15, 0.2) is 12.6 Å². The lowest BCUT2D eigenvalue weighted by Gasteiger charge is -2.50. The first-order valence-electron chi connectivity index (χ1n) is 43.6. The highest BCUT2D eigenvalue weighted by atomic mass is 16.8. The van der Waals surface area contributed by atoms with E-state index >= 15 is 0 Å². The van der Waals surface area contributed by atoms with Crippen LogP contribution in [0.5, 0.6) is 0 Å². The number of carboxylic acids is 1. The number of hydrogen-bond acceptors (Lipinski definition) is 20. The Hall–Kier alpha value is -2.53. The Bertz CT molecular complexity index is 2170. The summed E-state index contributed by atoms with van der Waals surface area (Å²) in [6, 6.07) is -2.62. The van der Waals surface area contributed by atoms with Crippen molar-refractivity contribution < 1.29 is 104 Å². The third-order valence-corrected chi connectivity index (χ3v) is 22.2. The molecule has 3 saturated heterocycles. The van der Waals surface area contributed by atoms with Gasteiger partial charge in [-0.3, -0.25) is 9.59 Å². The number of amides is 2. The molecule has 18 unspecified atom stereocenters. The van der Waals surface area contributed by atoms with Gasteiger partial charge in [-0.2, -0.15) is 0 Å². The fourth-order valence-electron chi connectivity index (χ4n) is 15.4. The third-order valence-electron chi connectivity index (χ3n) is 22.2. The zero-order valence-corrected chi connectivity index (χ0v) is 67.0. The van der Waals surface area contributed by atoms with E-state index in [0.29, 0.717) is 12.8 Å². The first-order chi connectivity index (χ1) is 51.9. The van der Waals surface area contributed by atoms with E-state index in [-0.39, 0.29) is 12.3 Å². The number of aliphatic hydroxyl groups excluding tert-OH is 11. The van der Waals surface area contributed by atoms with Crippen LogP contribution in [0.2, 0.25) is 0 Å². The van der Waals surface area contributed by atoms with E-state index < -0.39 is 155 Å². The standard InChI is InChI=1S/C84H158N2O21/c1-4-6-8-10-12-14-16-18-20-22-23-24-25-26-27-28-29-30-31-32-33-34-35-36-37-38-39-40-41-42-44-46-48-50-52-54-56-58-71(94)86-65(66(91)57-55-53-51-49-47-45-43-21-19-17-15-13-11-9-7-5-2)63-102-81-76(98)75(97)78(70(62-89)104-81)105-82-77(99)80(74(96)69(61-88)103-82)107-84(83(100)101)59-67(92)72(85-64(3)90)79(106-84)73(95)68(93)60-87/h55,57,65-70,72-82,87-89,91-93,95-99H,4-54,56,58-63H2,1-3H3,(H,85,90)(H,86,94)(H,100,101)/b57-55+. The molecule has 3 aliphatic heterocycles. The molecule has 0 aromatic carbocycles. The molecule has 0 spiro atoms. The molecule has 3 aliphatic rings. The van der Waals surface area contributed by atoms with Crippen molar-refractivity contribution in [3.8, 4) is 0 Å². The molecule has 0 aliphatic carbocycles. The van der Waals surface area contributed by atoms with Crippen molar-refractivity contribution in [3.05, 3.63) is 12.2 Å². The SMILES string of the molecule is CCCCCCCCCCCCCCCC/C=C/C(O)C(COC1OC(CO)C(OC2OC(CO)C(O)C(OC3(C(=O)O)CC(O)C(NC(C)=O)C(C(O)C(O)CO)O3)C2O)C(O)C1O)NC(=O)CCCCCCCCCCCCCCCCCCCCCCCCCCCCCCCCCCCCCCC. The molecule has 0 radical (unpaired) electrons. The van der Waals surface area contributed by atoms with E-state index in [1.54, 1.807) is 6.08 Å². The lowest BCUT2D eigenvalue weighted by molar-refractivity contribution is -0.386. The quantitative estimate of drug-likeness (QED) is 0.0199. The summed E-state index contributed by atoms with van der Waals surface area (Å²) in [4.78, 5) is 38.7. The number of ether oxygens (including phenoxy) is 6. The Kier molecular flexibility index (Phi) is 58.0. The lowest BCUT2D eigenvalue weighted by atomic mass is 9.88. The number of hydrogen-bond donors (Lipinski definition) is 14. The average molecular weight is 1530 g/mol. The summed E-state index contributed by atoms with van der Waals surface area (Å²) in [6.45, 7) is 2.19. The summed E-state index contributed by atoms with van der Waals surface area (Å²) < 4.78 is 34.9. The van der Waals surface area contributed by atoms with Crippen LogP contribution in [0.1, 0.15) is 367 Å². The maximum atomic E-state index is 13.5. The van der Waals surface area contributed by atoms with Gasteiger partial charge in [-0.05, 0) is 19.3 Å². The van der Waals surface area contributed by atoms with Crippen LogP contribution in [-0.4, -0.2) is 215 Å². The number of allylic oxidation sites excluding steroid dienone is 1. The van der Waals surface area contributed by atoms with E-state index in [4.69, 9.17) is 28.4 Å². The Morgan fingerprint density at radius 1 is 0.486 bits per heavy atom. The minimum atomic E-state index is -3.08. The second kappa shape index (κ2) is 62.9. The van der Waals surface area contributed by atoms with Gasteiger partial charge in [0.2, 0.25) is 11.8 Å². The molecule has 107 heavy (non-hydrogen) atoms. The second-order valence-corrected chi connectivity index (χ2v) is 31.8. The molecule has 2 amide bonds. The second-order valence-electron chi connectivity index (χ2n) is 31.8. The highest BCUT2D eigenvalue weighted by Gasteiger charge is 2.60. The van der Waals surface area contributed by atoms with Gasteiger partial charge in [-0.15, -0.1) is 0 Å². The number of aliphatic carboxylic acids is 1. The van der Waals surface area contributed by atoms with Gasteiger partial charge in [0.05, 0.1) is 50.7 Å². The molecule has 18 atom stereocenters. The van der Waals surface area contributed by atoms with E-state index in [9.17, 15) is 75.7 Å². The summed E-state index contributed by atoms with van der Waals surface area (Å²) in [7, 11) is 0. The Morgan fingerprint density at radius 3 is 1.24 bits per heavy atom. The van der Waals surface area contributed by atoms with Crippen LogP contribution in [0.3, 0.4) is 0 Å². The summed E-state index contributed by atoms with van der Waals surface area (Å²) >= 11 is 0. The number of unbranched alkanes of at least 4 members (excludes halogenated alkanes) is 50. The van der Waals surface area contributed by atoms with Gasteiger partial charge in [0.25, 0.3) is 5.79 Å². The monoisotopic (exact) mass is 1530 g/mol. The van der Waals surface area contributed by atoms with Crippen molar-refractivity contribution in [2.75, 3.05) is 26.4 Å². The van der Waals surface area contributed by atoms with Crippen LogP contribution in [0.15, 0.2) is 12.2 Å². The number of carbonyl (C=O) groups excluding carboxylic acids is 2. The minimum Gasteiger partial charge on any atom is -0.477 e. The molecule has 630 valence electrons. The van der Waals surface area contributed by atoms with Crippen LogP contribution < -0.4 is 10.6 Å². The molecule has 0 aromatic heterocycles. The van der Waals surface area contributed by atoms with E-state index in [1.165, 1.54) is 276 Å². The van der Waals surface area contributed by atoms with Gasteiger partial charge in [-0.1, -0.05) is 341 Å². The highest BCUT2D eigenvalue weighted by molar-refractivity contribution is 5.77. The molecular formula is C84H158N2O21. The zero-order valence-electron chi connectivity index (χ0n) is 67.0. The summed E-state index contributed by atoms with van der Waals surface area (Å²) in [6.07, 6.45) is 41.4. The van der Waals surface area contributed by atoms with E-state index in [2.05, 4.69) is 24.5 Å². The van der Waals surface area contributed by atoms with Crippen LogP contribution in [0.4, 0.5) is 0 Å². The van der Waals surface area contributed by atoms with Crippen LogP contribution >= 0.6 is 0 Å². The predicted octanol–water partition coefficient (Wildman–Crippen LogP) is 12.9. The van der Waals surface area contributed by atoms with Gasteiger partial charge in [-0.25, -0.2) is 4.79 Å². The number of nitrogens with one attached hydrogen (secondary N) is 2. The van der Waals surface area contributed by atoms with Crippen molar-refractivity contribution in [3.63, 3.8) is 0 Å². The lowest BCUT2D eigenvalue weighted by Crippen LogP contribution is -2.70. The van der Waals surface area contributed by atoms with Crippen LogP contribution in [-0.2, 0) is 42.8 Å². The Balaban J connectivity index is 1.41. The van der Waals surface area contributed by atoms with Crippen LogP contribution in [0, 0.1) is 0 Å². The maximum absolute atomic E-state index is 13.5. The van der Waals surface area contributed by atoms with E-state index in [0.717, 1.165) is 51.9 Å². The van der Waals surface area contributed by atoms with Crippen molar-refractivity contribution in [1.82, 2.24) is 10.6 Å². The highest BCUT2D eigenvalue weighted by Crippen LogP contribution is 2.39. The number of rotatable bonds is 70. The van der Waals surface area contributed by atoms with Gasteiger partial charge < -0.3 is 100 Å². The Morgan fingerprint density at radius 2 is 0.869 bits per heavy atom. The molecule has 0 aromatic rings. The molecule has 0 bridgehead atoms. The van der Waals surface area contributed by atoms with Crippen molar-refractivity contribution >= 4 is 17.8 Å². The first kappa shape index (κ1) is 98.7. The topological polar surface area (TPSA) is 373 Å². The van der Waals surface area contributed by atoms with Gasteiger partial charge in [0.1, 0.15) is 67.1 Å². The molecule has 23 nitrogen and oxygen atoms in total. The van der Waals surface area contributed by atoms with Gasteiger partial charge >= 0.3 is 5.97 Å². The van der Waals surface area contributed by atoms with Gasteiger partial charge in [0, 0.05) is 19.8 Å². The van der Waals surface area contributed by atoms with Crippen molar-refractivity contribution in [1.29, 1.82) is 0 Å². The van der Waals surface area contributed by atoms with Crippen molar-refractivity contribution in [2.24, 2.45) is 0 Å². The number of carbonyl (C=O) groups is 3. The summed E-state index contributed by atoms with van der Waals surface area (Å²) in [5, 5.41) is 136. The maximum Gasteiger partial charge on any atom is 0.364 e. The van der Waals surface area contributed by atoms with Crippen LogP contribution in [0.25, 0.3) is 0 Å². The average Bonchev–Trinajstić information content (AvgIpc) is 0.754. The Labute approximate surface area is 645 Å². The molecule has 23 heteroatoms. The zero-order chi connectivity index (χ0) is 78.1. The smallest absolute Gasteiger partial charge is 0.364 e. The number of carboxylic acid groups (broad SMARTS) is 1. The normalized spacial score (nSPS) is 26.0. The predicted molar refractivity (Wildman–Crippen MR) is 417 cm³/mol. The molecule has 0 saturated carbocycles.